The van der Waals surface area contributed by atoms with Crippen LogP contribution in [0.1, 0.15) is 65.9 Å². The molecule has 0 bridgehead atoms. The van der Waals surface area contributed by atoms with E-state index in [2.05, 4.69) is 65.3 Å². The summed E-state index contributed by atoms with van der Waals surface area (Å²) in [6, 6.07) is 4.12. The zero-order chi connectivity index (χ0) is 33.0. The second-order valence-electron chi connectivity index (χ2n) is 13.2. The topological polar surface area (TPSA) is 136 Å². The minimum absolute atomic E-state index is 0.0139. The number of aromatic nitrogens is 7. The Bertz CT molecular complexity index is 1630. The van der Waals surface area contributed by atoms with Crippen molar-refractivity contribution in [1.82, 2.24) is 40.0 Å². The van der Waals surface area contributed by atoms with Crippen molar-refractivity contribution in [2.45, 2.75) is 77.8 Å². The summed E-state index contributed by atoms with van der Waals surface area (Å²) < 4.78 is 6.76. The van der Waals surface area contributed by atoms with Crippen molar-refractivity contribution in [2.24, 2.45) is 13.0 Å². The van der Waals surface area contributed by atoms with Crippen molar-refractivity contribution in [2.75, 3.05) is 23.9 Å². The number of aryl methyl sites for hydroxylation is 1. The molecule has 0 radical (unpaired) electrons. The number of nitrogens with one attached hydrogen (secondary N) is 2. The molecule has 2 N–H and O–H groups in total. The Morgan fingerprint density at radius 1 is 1.02 bits per heavy atom. The van der Waals surface area contributed by atoms with Crippen molar-refractivity contribution in [3.05, 3.63) is 53.7 Å². The first-order valence-corrected chi connectivity index (χ1v) is 16.0. The van der Waals surface area contributed by atoms with Crippen LogP contribution >= 0.6 is 11.6 Å². The Labute approximate surface area is 275 Å². The molecule has 244 valence electrons. The highest BCUT2D eigenvalue weighted by molar-refractivity contribution is 6.33. The third-order valence-corrected chi connectivity index (χ3v) is 8.30. The van der Waals surface area contributed by atoms with Gasteiger partial charge in [0.05, 0.1) is 12.1 Å². The zero-order valence-electron chi connectivity index (χ0n) is 27.6. The van der Waals surface area contributed by atoms with Crippen LogP contribution in [0.5, 0.6) is 6.01 Å². The van der Waals surface area contributed by atoms with Crippen LogP contribution in [0.3, 0.4) is 0 Å². The molecule has 2 amide bonds. The van der Waals surface area contributed by atoms with Crippen LogP contribution in [0.15, 0.2) is 43.1 Å². The fourth-order valence-corrected chi connectivity index (χ4v) is 5.83. The van der Waals surface area contributed by atoms with Gasteiger partial charge >= 0.3 is 12.0 Å². The summed E-state index contributed by atoms with van der Waals surface area (Å²) >= 11 is 6.54. The van der Waals surface area contributed by atoms with Gasteiger partial charge in [0.15, 0.2) is 0 Å². The van der Waals surface area contributed by atoms with Crippen LogP contribution in [0, 0.1) is 5.92 Å². The van der Waals surface area contributed by atoms with E-state index in [1.807, 2.05) is 30.3 Å². The number of hydrogen-bond acceptors (Lipinski definition) is 9. The van der Waals surface area contributed by atoms with Crippen LogP contribution in [-0.2, 0) is 12.5 Å². The Balaban J connectivity index is 1.32. The molecule has 4 aromatic heterocycles. The molecule has 5 rings (SSSR count). The molecular weight excluding hydrogens is 604 g/mol. The standard InChI is InChI=1S/C33H43ClN10O2/c1-20(2)14-39-32(45)44(27-13-8-21(15-35-27)22-16-37-31(46-7)38-17-22)24-11-9-23(10-12-24)40-30-36-18-25(33(3,4)5)28(41-30)29-26(34)19-43(6)42-29/h8,13,15-20,23-24H,9-12,14H2,1-7H3,(H,39,45)(H,36,40,41). The number of urea groups is 1. The van der Waals surface area contributed by atoms with Crippen molar-refractivity contribution >= 4 is 29.4 Å². The first-order chi connectivity index (χ1) is 21.9. The fraction of sp³-hybridized carbons (Fsp3) is 0.485. The summed E-state index contributed by atoms with van der Waals surface area (Å²) in [6.07, 6.45) is 12.0. The average molecular weight is 647 g/mol. The number of amides is 2. The number of rotatable bonds is 9. The molecule has 4 aromatic rings. The largest absolute Gasteiger partial charge is 0.467 e. The quantitative estimate of drug-likeness (QED) is 0.215. The van der Waals surface area contributed by atoms with Crippen LogP contribution in [0.25, 0.3) is 22.5 Å². The van der Waals surface area contributed by atoms with Crippen molar-refractivity contribution in [3.8, 4) is 28.5 Å². The monoisotopic (exact) mass is 646 g/mol. The molecule has 13 heteroatoms. The van der Waals surface area contributed by atoms with Gasteiger partial charge in [-0.05, 0) is 49.1 Å². The fourth-order valence-electron chi connectivity index (χ4n) is 5.57. The summed E-state index contributed by atoms with van der Waals surface area (Å²) in [6.45, 7) is 11.1. The van der Waals surface area contributed by atoms with E-state index in [4.69, 9.17) is 26.3 Å². The van der Waals surface area contributed by atoms with Gasteiger partial charge in [-0.2, -0.15) is 5.10 Å². The highest BCUT2D eigenvalue weighted by Crippen LogP contribution is 2.35. The van der Waals surface area contributed by atoms with Gasteiger partial charge in [-0.15, -0.1) is 0 Å². The normalized spacial score (nSPS) is 16.7. The molecule has 1 aliphatic carbocycles. The first-order valence-electron chi connectivity index (χ1n) is 15.7. The Hall–Kier alpha value is -4.32. The molecule has 0 aromatic carbocycles. The van der Waals surface area contributed by atoms with Gasteiger partial charge in [0.25, 0.3) is 0 Å². The minimum Gasteiger partial charge on any atom is -0.467 e. The molecule has 1 aliphatic rings. The van der Waals surface area contributed by atoms with Crippen molar-refractivity contribution in [3.63, 3.8) is 0 Å². The molecule has 0 atom stereocenters. The SMILES string of the molecule is COc1ncc(-c2ccc(N(C(=O)NCC(C)C)C3CCC(Nc4ncc(C(C)(C)C)c(-c5nn(C)cc5Cl)n4)CC3)nc2)cn1. The minimum atomic E-state index is -0.193. The van der Waals surface area contributed by atoms with E-state index in [0.29, 0.717) is 41.0 Å². The summed E-state index contributed by atoms with van der Waals surface area (Å²) in [5.41, 5.74) is 3.82. The highest BCUT2D eigenvalue weighted by Gasteiger charge is 2.32. The van der Waals surface area contributed by atoms with Crippen molar-refractivity contribution < 1.29 is 9.53 Å². The van der Waals surface area contributed by atoms with E-state index in [1.54, 1.807) is 29.5 Å². The second-order valence-corrected chi connectivity index (χ2v) is 13.6. The van der Waals surface area contributed by atoms with Crippen molar-refractivity contribution in [1.29, 1.82) is 0 Å². The van der Waals surface area contributed by atoms with Gasteiger partial charge in [-0.25, -0.2) is 29.7 Å². The van der Waals surface area contributed by atoms with Crippen LogP contribution in [0.2, 0.25) is 5.02 Å². The maximum Gasteiger partial charge on any atom is 0.323 e. The van der Waals surface area contributed by atoms with E-state index in [9.17, 15) is 4.79 Å². The lowest BCUT2D eigenvalue weighted by molar-refractivity contribution is 0.239. The first kappa shape index (κ1) is 33.1. The van der Waals surface area contributed by atoms with Gasteiger partial charge in [-0.1, -0.05) is 46.2 Å². The second kappa shape index (κ2) is 14.0. The number of methoxy groups -OCH3 is 1. The maximum atomic E-state index is 13.5. The van der Waals surface area contributed by atoms with Crippen LogP contribution in [-0.4, -0.2) is 66.5 Å². The smallest absolute Gasteiger partial charge is 0.323 e. The lowest BCUT2D eigenvalue weighted by atomic mass is 9.86. The number of halogens is 1. The molecule has 4 heterocycles. The number of ether oxygens (including phenoxy) is 1. The van der Waals surface area contributed by atoms with Gasteiger partial charge in [0, 0.05) is 73.4 Å². The molecular formula is C33H43ClN10O2. The van der Waals surface area contributed by atoms with E-state index in [-0.39, 0.29) is 23.5 Å². The molecule has 1 saturated carbocycles. The average Bonchev–Trinajstić information content (AvgIpc) is 3.38. The molecule has 0 unspecified atom stereocenters. The zero-order valence-corrected chi connectivity index (χ0v) is 28.3. The Morgan fingerprint density at radius 2 is 1.72 bits per heavy atom. The van der Waals surface area contributed by atoms with E-state index in [1.165, 1.54) is 7.11 Å². The third-order valence-electron chi connectivity index (χ3n) is 8.02. The summed E-state index contributed by atoms with van der Waals surface area (Å²) in [5, 5.41) is 11.8. The lowest BCUT2D eigenvalue weighted by Gasteiger charge is -2.36. The number of hydrogen-bond donors (Lipinski definition) is 2. The summed E-state index contributed by atoms with van der Waals surface area (Å²) in [4.78, 5) is 38.0. The third kappa shape index (κ3) is 7.72. The van der Waals surface area contributed by atoms with E-state index in [0.717, 1.165) is 48.1 Å². The number of carbonyl (C=O) groups excluding carboxylic acids is 1. The van der Waals surface area contributed by atoms with E-state index < -0.39 is 0 Å². The molecule has 12 nitrogen and oxygen atoms in total. The summed E-state index contributed by atoms with van der Waals surface area (Å²) in [5.74, 6) is 1.47. The molecule has 0 aliphatic heterocycles. The van der Waals surface area contributed by atoms with Gasteiger partial charge in [0.2, 0.25) is 5.95 Å². The van der Waals surface area contributed by atoms with Gasteiger partial charge < -0.3 is 15.4 Å². The number of pyridine rings is 1. The Morgan fingerprint density at radius 3 is 2.28 bits per heavy atom. The predicted octanol–water partition coefficient (Wildman–Crippen LogP) is 6.28. The molecule has 0 spiro atoms. The van der Waals surface area contributed by atoms with Crippen LogP contribution in [0.4, 0.5) is 16.6 Å². The number of anilines is 2. The highest BCUT2D eigenvalue weighted by atomic mass is 35.5. The van der Waals surface area contributed by atoms with Gasteiger partial charge in [-0.3, -0.25) is 9.58 Å². The number of nitrogens with zero attached hydrogens (tertiary/aromatic N) is 8. The Kier molecular flexibility index (Phi) is 10.0. The molecule has 0 saturated heterocycles. The molecule has 46 heavy (non-hydrogen) atoms. The molecule has 1 fully saturated rings. The predicted molar refractivity (Wildman–Crippen MR) is 180 cm³/mol. The van der Waals surface area contributed by atoms with E-state index >= 15 is 0 Å². The number of carbonyl (C=O) groups is 1. The maximum absolute atomic E-state index is 13.5. The van der Waals surface area contributed by atoms with Gasteiger partial charge in [0.1, 0.15) is 17.2 Å². The van der Waals surface area contributed by atoms with Crippen LogP contribution < -0.4 is 20.3 Å². The lowest BCUT2D eigenvalue weighted by Crippen LogP contribution is -2.49. The summed E-state index contributed by atoms with van der Waals surface area (Å²) in [7, 11) is 3.37.